The Kier molecular flexibility index (Phi) is 6.26. The van der Waals surface area contributed by atoms with Crippen LogP contribution in [0.4, 0.5) is 5.69 Å². The number of pyridine rings is 1. The number of para-hydroxylation sites is 1. The molecule has 2 aromatic heterocycles. The van der Waals surface area contributed by atoms with Crippen molar-refractivity contribution in [3.8, 4) is 0 Å². The highest BCUT2D eigenvalue weighted by molar-refractivity contribution is 6.07. The maximum atomic E-state index is 13.7. The SMILES string of the molecule is CCCN(CC(=O)Nc1ccccc1C)C(=O)c1cc(C2CC2)nc2c1cnn2C(C)C. The fourth-order valence-corrected chi connectivity index (χ4v) is 3.95. The van der Waals surface area contributed by atoms with Crippen LogP contribution in [-0.2, 0) is 4.79 Å². The lowest BCUT2D eigenvalue weighted by molar-refractivity contribution is -0.116. The van der Waals surface area contributed by atoms with Crippen molar-refractivity contribution in [2.45, 2.75) is 58.9 Å². The highest BCUT2D eigenvalue weighted by atomic mass is 16.2. The van der Waals surface area contributed by atoms with Crippen molar-refractivity contribution in [2.75, 3.05) is 18.4 Å². The van der Waals surface area contributed by atoms with Gasteiger partial charge in [0, 0.05) is 29.9 Å². The first-order chi connectivity index (χ1) is 15.4. The van der Waals surface area contributed by atoms with Gasteiger partial charge in [-0.25, -0.2) is 9.67 Å². The first kappa shape index (κ1) is 22.0. The molecular formula is C25H31N5O2. The monoisotopic (exact) mass is 433 g/mol. The molecule has 0 radical (unpaired) electrons. The minimum Gasteiger partial charge on any atom is -0.329 e. The molecule has 1 aliphatic carbocycles. The molecule has 1 saturated carbocycles. The van der Waals surface area contributed by atoms with E-state index in [2.05, 4.69) is 24.3 Å². The van der Waals surface area contributed by atoms with Crippen molar-refractivity contribution in [1.29, 1.82) is 0 Å². The van der Waals surface area contributed by atoms with Crippen LogP contribution < -0.4 is 5.32 Å². The smallest absolute Gasteiger partial charge is 0.255 e. The van der Waals surface area contributed by atoms with Crippen LogP contribution in [-0.4, -0.2) is 44.6 Å². The average molecular weight is 434 g/mol. The second kappa shape index (κ2) is 9.10. The van der Waals surface area contributed by atoms with E-state index in [1.54, 1.807) is 11.1 Å². The van der Waals surface area contributed by atoms with Crippen molar-refractivity contribution in [3.05, 3.63) is 53.3 Å². The van der Waals surface area contributed by atoms with E-state index < -0.39 is 0 Å². The van der Waals surface area contributed by atoms with Crippen LogP contribution in [0.15, 0.2) is 36.5 Å². The van der Waals surface area contributed by atoms with E-state index in [0.29, 0.717) is 18.0 Å². The average Bonchev–Trinajstić information content (AvgIpc) is 3.52. The molecule has 1 aliphatic rings. The molecule has 7 nitrogen and oxygen atoms in total. The molecule has 1 N–H and O–H groups in total. The topological polar surface area (TPSA) is 80.1 Å². The summed E-state index contributed by atoms with van der Waals surface area (Å²) in [5, 5.41) is 8.18. The Balaban J connectivity index is 1.64. The van der Waals surface area contributed by atoms with Crippen molar-refractivity contribution in [1.82, 2.24) is 19.7 Å². The summed E-state index contributed by atoms with van der Waals surface area (Å²) < 4.78 is 1.87. The molecule has 0 aliphatic heterocycles. The second-order valence-corrected chi connectivity index (χ2v) is 8.88. The van der Waals surface area contributed by atoms with Crippen LogP contribution in [0.1, 0.15) is 73.6 Å². The van der Waals surface area contributed by atoms with Crippen LogP contribution in [0, 0.1) is 6.92 Å². The molecule has 7 heteroatoms. The summed E-state index contributed by atoms with van der Waals surface area (Å²) in [4.78, 5) is 32.9. The minimum atomic E-state index is -0.202. The van der Waals surface area contributed by atoms with Crippen LogP contribution in [0.25, 0.3) is 11.0 Å². The fourth-order valence-electron chi connectivity index (χ4n) is 3.95. The third kappa shape index (κ3) is 4.52. The van der Waals surface area contributed by atoms with E-state index in [9.17, 15) is 9.59 Å². The minimum absolute atomic E-state index is 0.00189. The predicted octanol–water partition coefficient (Wildman–Crippen LogP) is 4.69. The zero-order valence-electron chi connectivity index (χ0n) is 19.3. The zero-order valence-corrected chi connectivity index (χ0v) is 19.3. The lowest BCUT2D eigenvalue weighted by atomic mass is 10.1. The molecule has 0 saturated heterocycles. The molecule has 0 unspecified atom stereocenters. The predicted molar refractivity (Wildman–Crippen MR) is 126 cm³/mol. The van der Waals surface area contributed by atoms with Gasteiger partial charge in [0.05, 0.1) is 17.1 Å². The number of nitrogens with one attached hydrogen (secondary N) is 1. The van der Waals surface area contributed by atoms with Gasteiger partial charge in [-0.1, -0.05) is 25.1 Å². The van der Waals surface area contributed by atoms with Gasteiger partial charge in [-0.05, 0) is 57.7 Å². The van der Waals surface area contributed by atoms with Crippen molar-refractivity contribution in [3.63, 3.8) is 0 Å². The van der Waals surface area contributed by atoms with Gasteiger partial charge in [-0.3, -0.25) is 9.59 Å². The number of hydrogen-bond acceptors (Lipinski definition) is 4. The Morgan fingerprint density at radius 1 is 1.25 bits per heavy atom. The van der Waals surface area contributed by atoms with Gasteiger partial charge in [0.25, 0.3) is 5.91 Å². The van der Waals surface area contributed by atoms with E-state index in [1.807, 2.05) is 48.9 Å². The number of carbonyl (C=O) groups is 2. The zero-order chi connectivity index (χ0) is 22.8. The normalized spacial score (nSPS) is 13.5. The number of benzene rings is 1. The fraction of sp³-hybridized carbons (Fsp3) is 0.440. The van der Waals surface area contributed by atoms with Gasteiger partial charge in [0.15, 0.2) is 5.65 Å². The maximum Gasteiger partial charge on any atom is 0.255 e. The Morgan fingerprint density at radius 3 is 2.66 bits per heavy atom. The summed E-state index contributed by atoms with van der Waals surface area (Å²) in [6, 6.07) is 9.69. The molecular weight excluding hydrogens is 402 g/mol. The van der Waals surface area contributed by atoms with Crippen LogP contribution in [0.5, 0.6) is 0 Å². The number of aromatic nitrogens is 3. The largest absolute Gasteiger partial charge is 0.329 e. The Bertz CT molecular complexity index is 1150. The van der Waals surface area contributed by atoms with Crippen LogP contribution in [0.3, 0.4) is 0 Å². The molecule has 1 aromatic carbocycles. The summed E-state index contributed by atoms with van der Waals surface area (Å²) in [7, 11) is 0. The Labute approximate surface area is 188 Å². The third-order valence-electron chi connectivity index (χ3n) is 5.84. The Hall–Kier alpha value is -3.22. The van der Waals surface area contributed by atoms with Gasteiger partial charge < -0.3 is 10.2 Å². The van der Waals surface area contributed by atoms with E-state index in [4.69, 9.17) is 4.98 Å². The summed E-state index contributed by atoms with van der Waals surface area (Å²) in [5.74, 6) is 0.0570. The van der Waals surface area contributed by atoms with Crippen molar-refractivity contribution < 1.29 is 9.59 Å². The first-order valence-electron chi connectivity index (χ1n) is 11.4. The highest BCUT2D eigenvalue weighted by Gasteiger charge is 2.29. The number of fused-ring (bicyclic) bond motifs is 1. The number of anilines is 1. The molecule has 1 fully saturated rings. The Morgan fingerprint density at radius 2 is 2.00 bits per heavy atom. The van der Waals surface area contributed by atoms with Crippen LogP contribution in [0.2, 0.25) is 0 Å². The van der Waals surface area contributed by atoms with Crippen LogP contribution >= 0.6 is 0 Å². The second-order valence-electron chi connectivity index (χ2n) is 8.88. The first-order valence-corrected chi connectivity index (χ1v) is 11.4. The van der Waals surface area contributed by atoms with Crippen molar-refractivity contribution in [2.24, 2.45) is 0 Å². The van der Waals surface area contributed by atoms with Gasteiger partial charge in [-0.2, -0.15) is 5.10 Å². The van der Waals surface area contributed by atoms with Gasteiger partial charge in [0.1, 0.15) is 6.54 Å². The molecule has 0 atom stereocenters. The number of carbonyl (C=O) groups excluding carboxylic acids is 2. The molecule has 0 bridgehead atoms. The summed E-state index contributed by atoms with van der Waals surface area (Å²) in [5.41, 5.74) is 4.03. The van der Waals surface area contributed by atoms with E-state index in [1.165, 1.54) is 0 Å². The van der Waals surface area contributed by atoms with Gasteiger partial charge in [-0.15, -0.1) is 0 Å². The molecule has 3 aromatic rings. The van der Waals surface area contributed by atoms with Crippen molar-refractivity contribution >= 4 is 28.5 Å². The third-order valence-corrected chi connectivity index (χ3v) is 5.84. The maximum absolute atomic E-state index is 13.7. The lowest BCUT2D eigenvalue weighted by Crippen LogP contribution is -2.38. The quantitative estimate of drug-likeness (QED) is 0.559. The highest BCUT2D eigenvalue weighted by Crippen LogP contribution is 2.40. The summed E-state index contributed by atoms with van der Waals surface area (Å²) in [6.07, 6.45) is 4.68. The summed E-state index contributed by atoms with van der Waals surface area (Å²) in [6.45, 7) is 8.57. The van der Waals surface area contributed by atoms with E-state index in [0.717, 1.165) is 47.2 Å². The molecule has 0 spiro atoms. The molecule has 32 heavy (non-hydrogen) atoms. The summed E-state index contributed by atoms with van der Waals surface area (Å²) >= 11 is 0. The molecule has 2 amide bonds. The number of rotatable bonds is 8. The molecule has 4 rings (SSSR count). The molecule has 168 valence electrons. The standard InChI is InChI=1S/C25H31N5O2/c1-5-12-29(15-23(31)27-21-9-7-6-8-17(21)4)25(32)19-13-22(18-10-11-18)28-24-20(19)14-26-30(24)16(2)3/h6-9,13-14,16,18H,5,10-12,15H2,1-4H3,(H,27,31). The number of aryl methyl sites for hydroxylation is 1. The lowest BCUT2D eigenvalue weighted by Gasteiger charge is -2.22. The molecule has 2 heterocycles. The number of nitrogens with zero attached hydrogens (tertiary/aromatic N) is 4. The van der Waals surface area contributed by atoms with Gasteiger partial charge in [0.2, 0.25) is 5.91 Å². The van der Waals surface area contributed by atoms with E-state index in [-0.39, 0.29) is 24.4 Å². The number of hydrogen-bond donors (Lipinski definition) is 1. The van der Waals surface area contributed by atoms with Gasteiger partial charge >= 0.3 is 0 Å². The number of amides is 2. The van der Waals surface area contributed by atoms with E-state index >= 15 is 0 Å².